The topological polar surface area (TPSA) is 93.0 Å². The molecule has 5 N–H and O–H groups in total. The van der Waals surface area contributed by atoms with Crippen molar-refractivity contribution in [3.8, 4) is 5.75 Å². The van der Waals surface area contributed by atoms with Crippen LogP contribution in [-0.4, -0.2) is 33.4 Å². The van der Waals surface area contributed by atoms with E-state index in [1.54, 1.807) is 0 Å². The number of rotatable bonds is 3. The van der Waals surface area contributed by atoms with Gasteiger partial charge in [-0.15, -0.1) is 0 Å². The van der Waals surface area contributed by atoms with E-state index >= 15 is 0 Å². The molecule has 104 valence electrons. The molecular formula is C13H23NO4. The number of nitrogens with one attached hydrogen (secondary N) is 1. The largest absolute Gasteiger partial charge is 0.508 e. The van der Waals surface area contributed by atoms with Gasteiger partial charge < -0.3 is 20.4 Å². The summed E-state index contributed by atoms with van der Waals surface area (Å²) >= 11 is 0. The summed E-state index contributed by atoms with van der Waals surface area (Å²) in [6.45, 7) is 6.50. The van der Waals surface area contributed by atoms with Gasteiger partial charge in [0.25, 0.3) is 5.91 Å². The van der Waals surface area contributed by atoms with Crippen LogP contribution in [0.25, 0.3) is 0 Å². The van der Waals surface area contributed by atoms with Gasteiger partial charge in [-0.3, -0.25) is 5.32 Å². The molecule has 18 heavy (non-hydrogen) atoms. The van der Waals surface area contributed by atoms with Gasteiger partial charge in [0.05, 0.1) is 0 Å². The molecule has 1 unspecified atom stereocenters. The summed E-state index contributed by atoms with van der Waals surface area (Å²) in [5, 5.41) is 39.2. The Morgan fingerprint density at radius 1 is 1.17 bits per heavy atom. The van der Waals surface area contributed by atoms with Crippen molar-refractivity contribution in [3.63, 3.8) is 0 Å². The Hall–Kier alpha value is -1.14. The minimum atomic E-state index is -2.41. The Labute approximate surface area is 108 Å². The monoisotopic (exact) mass is 257 g/mol. The first-order chi connectivity index (χ1) is 8.20. The van der Waals surface area contributed by atoms with Gasteiger partial charge in [-0.25, -0.2) is 0 Å². The second-order valence-electron chi connectivity index (χ2n) is 4.71. The Bertz CT molecular complexity index is 350. The minimum absolute atomic E-state index is 0.0477. The molecule has 0 aromatic heterocycles. The number of aliphatic hydroxyl groups excluding tert-OH is 1. The van der Waals surface area contributed by atoms with E-state index in [1.165, 1.54) is 31.3 Å². The van der Waals surface area contributed by atoms with Crippen LogP contribution < -0.4 is 5.32 Å². The fourth-order valence-electron chi connectivity index (χ4n) is 1.06. The van der Waals surface area contributed by atoms with Crippen LogP contribution >= 0.6 is 0 Å². The van der Waals surface area contributed by atoms with E-state index in [1.807, 2.05) is 0 Å². The maximum Gasteiger partial charge on any atom is 0.253 e. The Morgan fingerprint density at radius 2 is 1.67 bits per heavy atom. The van der Waals surface area contributed by atoms with E-state index in [-0.39, 0.29) is 11.3 Å². The lowest BCUT2D eigenvalue weighted by atomic mass is 10.1. The molecule has 0 aliphatic carbocycles. The summed E-state index contributed by atoms with van der Waals surface area (Å²) in [5.41, 5.74) is 0.212. The van der Waals surface area contributed by atoms with Crippen molar-refractivity contribution < 1.29 is 20.4 Å². The highest BCUT2D eigenvalue weighted by atomic mass is 16.5. The molecule has 1 rings (SSSR count). The highest BCUT2D eigenvalue weighted by Crippen LogP contribution is 2.24. The van der Waals surface area contributed by atoms with Crippen LogP contribution in [0.3, 0.4) is 0 Å². The van der Waals surface area contributed by atoms with E-state index in [9.17, 15) is 15.3 Å². The van der Waals surface area contributed by atoms with Crippen LogP contribution in [0, 0.1) is 5.92 Å². The normalized spacial score (nSPS) is 12.9. The second-order valence-corrected chi connectivity index (χ2v) is 4.71. The van der Waals surface area contributed by atoms with Crippen molar-refractivity contribution in [2.24, 2.45) is 5.92 Å². The van der Waals surface area contributed by atoms with E-state index in [0.29, 0.717) is 0 Å². The lowest BCUT2D eigenvalue weighted by molar-refractivity contribution is -0.244. The van der Waals surface area contributed by atoms with Gasteiger partial charge in [0.15, 0.2) is 0 Å². The average molecular weight is 257 g/mol. The number of phenols is 1. The molecule has 0 saturated heterocycles. The molecule has 1 aromatic carbocycles. The molecule has 0 amide bonds. The van der Waals surface area contributed by atoms with Gasteiger partial charge in [-0.2, -0.15) is 0 Å². The summed E-state index contributed by atoms with van der Waals surface area (Å²) in [7, 11) is 1.30. The zero-order valence-electron chi connectivity index (χ0n) is 11.3. The molecular weight excluding hydrogens is 234 g/mol. The van der Waals surface area contributed by atoms with E-state index in [2.05, 4.69) is 26.1 Å². The zero-order valence-corrected chi connectivity index (χ0v) is 11.3. The maximum atomic E-state index is 9.50. The predicted molar refractivity (Wildman–Crippen MR) is 69.8 cm³/mol. The molecule has 0 spiro atoms. The van der Waals surface area contributed by atoms with Crippen LogP contribution in [0.15, 0.2) is 24.3 Å². The first-order valence-corrected chi connectivity index (χ1v) is 5.81. The molecule has 0 heterocycles. The number of phenolic OH excluding ortho intramolecular Hbond substituents is 1. The lowest BCUT2D eigenvalue weighted by Crippen LogP contribution is -2.48. The molecule has 5 heteroatoms. The Morgan fingerprint density at radius 3 is 2.06 bits per heavy atom. The minimum Gasteiger partial charge on any atom is -0.508 e. The maximum absolute atomic E-state index is 9.50. The predicted octanol–water partition coefficient (Wildman–Crippen LogP) is 0.946. The number of benzene rings is 1. The fourth-order valence-corrected chi connectivity index (χ4v) is 1.06. The smallest absolute Gasteiger partial charge is 0.253 e. The SMILES string of the molecule is CC(C)C.CNC(O)(O)C(O)c1cccc(O)c1. The molecule has 0 saturated carbocycles. The van der Waals surface area contributed by atoms with Crippen LogP contribution in [0.2, 0.25) is 0 Å². The highest BCUT2D eigenvalue weighted by molar-refractivity contribution is 5.29. The highest BCUT2D eigenvalue weighted by Gasteiger charge is 2.32. The first-order valence-electron chi connectivity index (χ1n) is 5.81. The van der Waals surface area contributed by atoms with E-state index in [4.69, 9.17) is 5.11 Å². The number of hydrogen-bond donors (Lipinski definition) is 5. The van der Waals surface area contributed by atoms with Crippen LogP contribution in [-0.2, 0) is 0 Å². The Balaban J connectivity index is 0.000000631. The molecule has 0 aliphatic rings. The van der Waals surface area contributed by atoms with Crippen molar-refractivity contribution in [1.82, 2.24) is 5.32 Å². The molecule has 1 aromatic rings. The quantitative estimate of drug-likeness (QED) is 0.520. The number of hydrogen-bond acceptors (Lipinski definition) is 5. The van der Waals surface area contributed by atoms with Crippen molar-refractivity contribution >= 4 is 0 Å². The van der Waals surface area contributed by atoms with Crippen LogP contribution in [0.4, 0.5) is 0 Å². The van der Waals surface area contributed by atoms with Crippen molar-refractivity contribution in [1.29, 1.82) is 0 Å². The molecule has 0 fully saturated rings. The average Bonchev–Trinajstić information content (AvgIpc) is 2.27. The summed E-state index contributed by atoms with van der Waals surface area (Å²) in [6, 6.07) is 5.65. The molecule has 0 aliphatic heterocycles. The van der Waals surface area contributed by atoms with Gasteiger partial charge in [0.1, 0.15) is 11.9 Å². The van der Waals surface area contributed by atoms with Crippen molar-refractivity contribution in [2.45, 2.75) is 32.8 Å². The summed E-state index contributed by atoms with van der Waals surface area (Å²) < 4.78 is 0. The third kappa shape index (κ3) is 5.97. The van der Waals surface area contributed by atoms with Gasteiger partial charge in [0, 0.05) is 0 Å². The van der Waals surface area contributed by atoms with E-state index < -0.39 is 12.0 Å². The van der Waals surface area contributed by atoms with Crippen LogP contribution in [0.5, 0.6) is 5.75 Å². The third-order valence-electron chi connectivity index (χ3n) is 1.94. The van der Waals surface area contributed by atoms with Crippen LogP contribution in [0.1, 0.15) is 32.4 Å². The second kappa shape index (κ2) is 7.33. The third-order valence-corrected chi connectivity index (χ3v) is 1.94. The van der Waals surface area contributed by atoms with Crippen molar-refractivity contribution in [3.05, 3.63) is 29.8 Å². The first kappa shape index (κ1) is 16.9. The van der Waals surface area contributed by atoms with E-state index in [0.717, 1.165) is 5.92 Å². The fraction of sp³-hybridized carbons (Fsp3) is 0.538. The van der Waals surface area contributed by atoms with Gasteiger partial charge in [-0.05, 0) is 30.7 Å². The van der Waals surface area contributed by atoms with Gasteiger partial charge in [0.2, 0.25) is 0 Å². The number of likely N-dealkylation sites (N-methyl/N-ethyl adjacent to an activating group) is 1. The summed E-state index contributed by atoms with van der Waals surface area (Å²) in [5.74, 6) is -1.62. The summed E-state index contributed by atoms with van der Waals surface area (Å²) in [6.07, 6.45) is -1.53. The van der Waals surface area contributed by atoms with Crippen molar-refractivity contribution in [2.75, 3.05) is 7.05 Å². The van der Waals surface area contributed by atoms with Gasteiger partial charge in [-0.1, -0.05) is 32.9 Å². The number of aromatic hydroxyl groups is 1. The van der Waals surface area contributed by atoms with Gasteiger partial charge >= 0.3 is 0 Å². The molecule has 5 nitrogen and oxygen atoms in total. The lowest BCUT2D eigenvalue weighted by Gasteiger charge is -2.26. The molecule has 0 radical (unpaired) electrons. The molecule has 0 bridgehead atoms. The summed E-state index contributed by atoms with van der Waals surface area (Å²) in [4.78, 5) is 0. The standard InChI is InChI=1S/C9H13NO4.C4H10/c1-10-9(13,14)8(12)6-3-2-4-7(11)5-6;1-4(2)3/h2-5,8,10-14H,1H3;4H,1-3H3. The molecule has 1 atom stereocenters. The Kier molecular flexibility index (Phi) is 6.86. The zero-order chi connectivity index (χ0) is 14.3. The number of aliphatic hydroxyl groups is 3.